The lowest BCUT2D eigenvalue weighted by molar-refractivity contribution is 0.214. The van der Waals surface area contributed by atoms with Crippen LogP contribution in [-0.2, 0) is 0 Å². The molecule has 130 valence electrons. The number of urea groups is 1. The predicted octanol–water partition coefficient (Wildman–Crippen LogP) is 4.55. The topological polar surface area (TPSA) is 67.5 Å². The van der Waals surface area contributed by atoms with Crippen LogP contribution in [0.3, 0.4) is 0 Å². The van der Waals surface area contributed by atoms with Crippen LogP contribution in [0.15, 0.2) is 40.1 Å². The molecule has 1 unspecified atom stereocenters. The summed E-state index contributed by atoms with van der Waals surface area (Å²) in [7, 11) is 0. The normalized spacial score (nSPS) is 19.0. The van der Waals surface area contributed by atoms with Crippen molar-refractivity contribution in [1.82, 2.24) is 15.1 Å². The number of aryl methyl sites for hydroxylation is 2. The summed E-state index contributed by atoms with van der Waals surface area (Å²) in [6, 6.07) is 5.23. The molecule has 0 fully saturated rings. The molecular weight excluding hydrogens is 340 g/mol. The molecule has 2 heterocycles. The van der Waals surface area contributed by atoms with Gasteiger partial charge in [0.2, 0.25) is 5.69 Å². The van der Waals surface area contributed by atoms with Crippen molar-refractivity contribution in [2.75, 3.05) is 0 Å². The number of carbonyl (C=O) groups excluding carboxylic acids is 1. The van der Waals surface area contributed by atoms with Crippen LogP contribution in [0.25, 0.3) is 11.3 Å². The van der Waals surface area contributed by atoms with Crippen LogP contribution in [0.2, 0.25) is 5.02 Å². The van der Waals surface area contributed by atoms with Gasteiger partial charge in [0.15, 0.2) is 11.5 Å². The minimum Gasteiger partial charge on any atom is -0.354 e. The summed E-state index contributed by atoms with van der Waals surface area (Å²) >= 11 is 6.07. The van der Waals surface area contributed by atoms with E-state index in [1.54, 1.807) is 31.5 Å². The SMILES string of the molecule is Cc1cc(Cl)ccc1-c1noc(C)c1[N+]1(C(=O)NC(C)C)C=CC=N1. The molecule has 3 rings (SSSR count). The molecule has 0 saturated carbocycles. The van der Waals surface area contributed by atoms with Gasteiger partial charge in [0.05, 0.1) is 6.21 Å². The van der Waals surface area contributed by atoms with Crippen LogP contribution in [0, 0.1) is 13.8 Å². The van der Waals surface area contributed by atoms with E-state index >= 15 is 0 Å². The number of hydrogen-bond acceptors (Lipinski definition) is 4. The first kappa shape index (κ1) is 17.4. The highest BCUT2D eigenvalue weighted by atomic mass is 35.5. The highest BCUT2D eigenvalue weighted by Gasteiger charge is 2.46. The van der Waals surface area contributed by atoms with Gasteiger partial charge in [-0.1, -0.05) is 32.5 Å². The maximum atomic E-state index is 13.0. The first-order valence-corrected chi connectivity index (χ1v) is 8.39. The third-order valence-electron chi connectivity index (χ3n) is 3.97. The zero-order valence-electron chi connectivity index (χ0n) is 14.6. The predicted molar refractivity (Wildman–Crippen MR) is 99.5 cm³/mol. The number of halogens is 1. The van der Waals surface area contributed by atoms with Crippen LogP contribution in [-0.4, -0.2) is 23.4 Å². The number of rotatable bonds is 3. The van der Waals surface area contributed by atoms with Crippen molar-refractivity contribution in [3.8, 4) is 11.3 Å². The number of allylic oxidation sites excluding steroid dienone is 1. The Bertz CT molecular complexity index is 871. The Morgan fingerprint density at radius 1 is 1.32 bits per heavy atom. The zero-order valence-corrected chi connectivity index (χ0v) is 15.3. The Morgan fingerprint density at radius 3 is 2.68 bits per heavy atom. The molecule has 2 aromatic rings. The van der Waals surface area contributed by atoms with Gasteiger partial charge >= 0.3 is 6.03 Å². The minimum absolute atomic E-state index is 0.0208. The summed E-state index contributed by atoms with van der Waals surface area (Å²) in [5.74, 6) is 0.534. The average molecular weight is 360 g/mol. The van der Waals surface area contributed by atoms with E-state index in [1.165, 1.54) is 0 Å². The number of nitrogens with one attached hydrogen (secondary N) is 1. The number of aromatic nitrogens is 1. The van der Waals surface area contributed by atoms with Crippen LogP contribution in [0.4, 0.5) is 10.5 Å². The third-order valence-corrected chi connectivity index (χ3v) is 4.21. The maximum absolute atomic E-state index is 13.0. The van der Waals surface area contributed by atoms with Gasteiger partial charge in [-0.2, -0.15) is 0 Å². The molecule has 1 atom stereocenters. The molecule has 2 amide bonds. The van der Waals surface area contributed by atoms with E-state index in [4.69, 9.17) is 16.1 Å². The molecule has 0 radical (unpaired) electrons. The van der Waals surface area contributed by atoms with Gasteiger partial charge in [0.25, 0.3) is 0 Å². The lowest BCUT2D eigenvalue weighted by Crippen LogP contribution is -2.52. The summed E-state index contributed by atoms with van der Waals surface area (Å²) in [5, 5.41) is 12.2. The largest absolute Gasteiger partial charge is 0.453 e. The van der Waals surface area contributed by atoms with Gasteiger partial charge in [-0.15, -0.1) is 0 Å². The smallest absolute Gasteiger partial charge is 0.354 e. The Labute approximate surface area is 151 Å². The molecule has 1 aliphatic rings. The van der Waals surface area contributed by atoms with Crippen LogP contribution in [0.5, 0.6) is 0 Å². The first-order valence-electron chi connectivity index (χ1n) is 8.02. The number of amides is 2. The van der Waals surface area contributed by atoms with Crippen LogP contribution in [0.1, 0.15) is 25.2 Å². The van der Waals surface area contributed by atoms with Crippen molar-refractivity contribution >= 4 is 29.5 Å². The number of carbonyl (C=O) groups is 1. The molecule has 1 aliphatic heterocycles. The van der Waals surface area contributed by atoms with Gasteiger partial charge in [0.1, 0.15) is 6.20 Å². The molecule has 1 N–H and O–H groups in total. The standard InChI is InChI=1S/C18H19ClN4O2/c1-11(2)21-18(24)23(9-5-8-20-23)17-13(4)25-22-16(17)15-7-6-14(19)10-12(15)3/h5-11H,1-4H3/p+1. The quantitative estimate of drug-likeness (QED) is 0.817. The fourth-order valence-corrected chi connectivity index (χ4v) is 3.11. The highest BCUT2D eigenvalue weighted by molar-refractivity contribution is 6.30. The number of benzene rings is 1. The summed E-state index contributed by atoms with van der Waals surface area (Å²) in [4.78, 5) is 13.0. The van der Waals surface area contributed by atoms with Crippen molar-refractivity contribution < 1.29 is 9.32 Å². The molecule has 1 aromatic carbocycles. The van der Waals surface area contributed by atoms with Gasteiger partial charge in [-0.3, -0.25) is 0 Å². The Hall–Kier alpha value is -2.44. The zero-order chi connectivity index (χ0) is 18.2. The van der Waals surface area contributed by atoms with E-state index in [9.17, 15) is 4.79 Å². The summed E-state index contributed by atoms with van der Waals surface area (Å²) in [5.41, 5.74) is 2.96. The number of nitrogens with zero attached hydrogens (tertiary/aromatic N) is 3. The fourth-order valence-electron chi connectivity index (χ4n) is 2.88. The van der Waals surface area contributed by atoms with Crippen molar-refractivity contribution in [3.05, 3.63) is 46.8 Å². The summed E-state index contributed by atoms with van der Waals surface area (Å²) in [6.45, 7) is 7.53. The lowest BCUT2D eigenvalue weighted by atomic mass is 10.0. The molecule has 0 aliphatic carbocycles. The maximum Gasteiger partial charge on any atom is 0.453 e. The van der Waals surface area contributed by atoms with Crippen molar-refractivity contribution in [2.45, 2.75) is 33.7 Å². The van der Waals surface area contributed by atoms with E-state index in [0.717, 1.165) is 11.1 Å². The Morgan fingerprint density at radius 2 is 2.08 bits per heavy atom. The molecule has 7 heteroatoms. The minimum atomic E-state index is -0.356. The highest BCUT2D eigenvalue weighted by Crippen LogP contribution is 2.41. The number of quaternary nitrogens is 1. The van der Waals surface area contributed by atoms with E-state index in [-0.39, 0.29) is 16.7 Å². The van der Waals surface area contributed by atoms with Crippen molar-refractivity contribution in [1.29, 1.82) is 0 Å². The summed E-state index contributed by atoms with van der Waals surface area (Å²) in [6.07, 6.45) is 5.06. The average Bonchev–Trinajstić information content (AvgIpc) is 3.14. The van der Waals surface area contributed by atoms with Crippen molar-refractivity contribution in [2.24, 2.45) is 5.10 Å². The van der Waals surface area contributed by atoms with E-state index in [2.05, 4.69) is 15.6 Å². The molecular formula is C18H20ClN4O2+. The molecule has 0 saturated heterocycles. The molecule has 6 nitrogen and oxygen atoms in total. The van der Waals surface area contributed by atoms with E-state index in [0.29, 0.717) is 22.2 Å². The van der Waals surface area contributed by atoms with Gasteiger partial charge in [-0.25, -0.2) is 4.79 Å². The third kappa shape index (κ3) is 2.99. The van der Waals surface area contributed by atoms with Crippen molar-refractivity contribution in [3.63, 3.8) is 0 Å². The Kier molecular flexibility index (Phi) is 4.49. The number of hydrogen-bond donors (Lipinski definition) is 1. The van der Waals surface area contributed by atoms with Gasteiger partial charge in [-0.05, 0) is 38.5 Å². The Balaban J connectivity index is 2.19. The van der Waals surface area contributed by atoms with Gasteiger partial charge < -0.3 is 9.84 Å². The second-order valence-electron chi connectivity index (χ2n) is 6.29. The molecule has 1 aromatic heterocycles. The summed E-state index contributed by atoms with van der Waals surface area (Å²) < 4.78 is 5.09. The molecule has 25 heavy (non-hydrogen) atoms. The van der Waals surface area contributed by atoms with Crippen LogP contribution >= 0.6 is 11.6 Å². The molecule has 0 spiro atoms. The first-order chi connectivity index (χ1) is 11.8. The second-order valence-corrected chi connectivity index (χ2v) is 6.73. The second kappa shape index (κ2) is 6.46. The van der Waals surface area contributed by atoms with E-state index < -0.39 is 0 Å². The van der Waals surface area contributed by atoms with E-state index in [1.807, 2.05) is 32.9 Å². The monoisotopic (exact) mass is 359 g/mol. The molecule has 0 bridgehead atoms. The lowest BCUT2D eigenvalue weighted by Gasteiger charge is -2.23. The van der Waals surface area contributed by atoms with Crippen LogP contribution < -0.4 is 9.91 Å². The van der Waals surface area contributed by atoms with Gasteiger partial charge in [0, 0.05) is 29.6 Å². The fraction of sp³-hybridized carbons (Fsp3) is 0.278.